The molecular formula is C35H53N7O11. The molecule has 294 valence electrons. The van der Waals surface area contributed by atoms with Crippen LogP contribution in [-0.2, 0) is 44.8 Å². The molecule has 0 spiro atoms. The highest BCUT2D eigenvalue weighted by molar-refractivity contribution is 5.97. The quantitative estimate of drug-likeness (QED) is 0.0775. The van der Waals surface area contributed by atoms with E-state index in [2.05, 4.69) is 26.6 Å². The van der Waals surface area contributed by atoms with Crippen LogP contribution in [0, 0.1) is 11.8 Å². The van der Waals surface area contributed by atoms with Crippen LogP contribution in [0.1, 0.15) is 72.3 Å². The maximum Gasteiger partial charge on any atom is 0.326 e. The van der Waals surface area contributed by atoms with Crippen molar-refractivity contribution in [3.05, 3.63) is 29.8 Å². The second-order valence-corrected chi connectivity index (χ2v) is 13.4. The van der Waals surface area contributed by atoms with Gasteiger partial charge in [0.25, 0.3) is 0 Å². The summed E-state index contributed by atoms with van der Waals surface area (Å²) in [6.07, 6.45) is 0.969. The van der Waals surface area contributed by atoms with Crippen molar-refractivity contribution in [1.82, 2.24) is 31.5 Å². The number of carbonyl (C=O) groups excluding carboxylic acids is 6. The SMILES string of the molecule is CC[C@H](C)[C@H](NC(=O)[C@H](C)NC(=O)[C@@H](NC(=O)[C@H](CC(=O)O)NC(=O)CNC(=O)[C@@H]1CCCN1C(=O)[C@@H](N)Cc1ccc(O)cc1)[C@@H](C)CC)C(=O)O. The highest BCUT2D eigenvalue weighted by Crippen LogP contribution is 2.20. The highest BCUT2D eigenvalue weighted by Gasteiger charge is 2.37. The Balaban J connectivity index is 2.04. The van der Waals surface area contributed by atoms with Gasteiger partial charge in [-0.15, -0.1) is 0 Å². The van der Waals surface area contributed by atoms with Crippen molar-refractivity contribution >= 4 is 47.4 Å². The fourth-order valence-corrected chi connectivity index (χ4v) is 5.69. The Morgan fingerprint density at radius 3 is 1.98 bits per heavy atom. The van der Waals surface area contributed by atoms with E-state index in [0.717, 1.165) is 0 Å². The summed E-state index contributed by atoms with van der Waals surface area (Å²) < 4.78 is 0. The van der Waals surface area contributed by atoms with Crippen LogP contribution in [0.3, 0.4) is 0 Å². The molecule has 0 bridgehead atoms. The number of nitrogens with one attached hydrogen (secondary N) is 5. The van der Waals surface area contributed by atoms with Crippen LogP contribution in [0.4, 0.5) is 0 Å². The first kappa shape index (κ1) is 43.9. The predicted molar refractivity (Wildman–Crippen MR) is 190 cm³/mol. The maximum absolute atomic E-state index is 13.3. The van der Waals surface area contributed by atoms with Crippen molar-refractivity contribution in [2.75, 3.05) is 13.1 Å². The number of aliphatic carboxylic acids is 2. The van der Waals surface area contributed by atoms with E-state index in [1.54, 1.807) is 39.8 Å². The smallest absolute Gasteiger partial charge is 0.326 e. The maximum atomic E-state index is 13.3. The normalized spacial score (nSPS) is 17.8. The first-order chi connectivity index (χ1) is 24.9. The number of amides is 6. The van der Waals surface area contributed by atoms with Gasteiger partial charge in [-0.3, -0.25) is 33.6 Å². The standard InChI is InChI=1S/C35H53N7O11/c1-6-18(3)28(33(50)38-20(5)30(47)41-29(35(52)53)19(4)7-2)40-31(48)24(16-27(45)46)39-26(44)17-37-32(49)25-9-8-14-42(25)34(51)23(36)15-21-10-12-22(43)13-11-21/h10-13,18-20,23-25,28-29,43H,6-9,14-17,36H2,1-5H3,(H,37,49)(H,38,50)(H,39,44)(H,40,48)(H,41,47)(H,45,46)(H,52,53)/t18-,19-,20-,23-,24-,25-,28-,29-/m0/s1. The van der Waals surface area contributed by atoms with Crippen molar-refractivity contribution in [1.29, 1.82) is 0 Å². The summed E-state index contributed by atoms with van der Waals surface area (Å²) in [5.41, 5.74) is 6.85. The molecule has 1 aromatic rings. The molecule has 0 saturated carbocycles. The molecule has 0 unspecified atom stereocenters. The molecule has 6 amide bonds. The molecule has 8 atom stereocenters. The van der Waals surface area contributed by atoms with E-state index in [0.29, 0.717) is 31.2 Å². The molecule has 53 heavy (non-hydrogen) atoms. The van der Waals surface area contributed by atoms with Crippen LogP contribution < -0.4 is 32.3 Å². The van der Waals surface area contributed by atoms with Gasteiger partial charge in [0.2, 0.25) is 35.4 Å². The van der Waals surface area contributed by atoms with Gasteiger partial charge in [0.1, 0.15) is 36.0 Å². The predicted octanol–water partition coefficient (Wildman–Crippen LogP) is -1.02. The molecule has 0 aromatic heterocycles. The fraction of sp³-hybridized carbons (Fsp3) is 0.600. The molecule has 1 saturated heterocycles. The number of carbonyl (C=O) groups is 8. The minimum atomic E-state index is -1.66. The number of carboxylic acids is 2. The average Bonchev–Trinajstić information content (AvgIpc) is 3.61. The van der Waals surface area contributed by atoms with Gasteiger partial charge in [-0.05, 0) is 55.7 Å². The lowest BCUT2D eigenvalue weighted by Gasteiger charge is -2.28. The molecule has 2 rings (SSSR count). The van der Waals surface area contributed by atoms with Crippen molar-refractivity contribution in [2.45, 2.75) is 109 Å². The van der Waals surface area contributed by atoms with Gasteiger partial charge >= 0.3 is 11.9 Å². The van der Waals surface area contributed by atoms with Gasteiger partial charge in [-0.2, -0.15) is 0 Å². The lowest BCUT2D eigenvalue weighted by molar-refractivity contribution is -0.143. The van der Waals surface area contributed by atoms with Crippen molar-refractivity contribution in [2.24, 2.45) is 17.6 Å². The number of hydrogen-bond acceptors (Lipinski definition) is 10. The summed E-state index contributed by atoms with van der Waals surface area (Å²) >= 11 is 0. The van der Waals surface area contributed by atoms with Crippen molar-refractivity contribution in [3.8, 4) is 5.75 Å². The number of aromatic hydroxyl groups is 1. The molecule has 1 heterocycles. The van der Waals surface area contributed by atoms with Crippen LogP contribution >= 0.6 is 0 Å². The third-order valence-corrected chi connectivity index (χ3v) is 9.32. The first-order valence-electron chi connectivity index (χ1n) is 17.7. The second kappa shape index (κ2) is 20.7. The van der Waals surface area contributed by atoms with Gasteiger partial charge in [-0.1, -0.05) is 52.7 Å². The number of nitrogens with zero attached hydrogens (tertiary/aromatic N) is 1. The Hall–Kier alpha value is -5.26. The van der Waals surface area contributed by atoms with Crippen LogP contribution in [0.5, 0.6) is 5.75 Å². The van der Waals surface area contributed by atoms with E-state index < -0.39 is 108 Å². The number of hydrogen-bond donors (Lipinski definition) is 9. The number of carboxylic acid groups (broad SMARTS) is 2. The molecule has 1 aromatic carbocycles. The average molecular weight is 748 g/mol. The third kappa shape index (κ3) is 13.3. The van der Waals surface area contributed by atoms with Gasteiger partial charge in [0.15, 0.2) is 0 Å². The summed E-state index contributed by atoms with van der Waals surface area (Å²) in [5, 5.41) is 40.4. The second-order valence-electron chi connectivity index (χ2n) is 13.4. The number of phenolic OH excluding ortho intramolecular Hbond substituents is 1. The van der Waals surface area contributed by atoms with Gasteiger partial charge in [0.05, 0.1) is 19.0 Å². The minimum absolute atomic E-state index is 0.0614. The monoisotopic (exact) mass is 747 g/mol. The Morgan fingerprint density at radius 1 is 0.830 bits per heavy atom. The summed E-state index contributed by atoms with van der Waals surface area (Å²) in [7, 11) is 0. The van der Waals surface area contributed by atoms with Gasteiger partial charge < -0.3 is 52.5 Å². The molecule has 10 N–H and O–H groups in total. The van der Waals surface area contributed by atoms with Crippen molar-refractivity contribution < 1.29 is 53.7 Å². The van der Waals surface area contributed by atoms with E-state index in [9.17, 15) is 53.7 Å². The lowest BCUT2D eigenvalue weighted by atomic mass is 9.97. The minimum Gasteiger partial charge on any atom is -0.508 e. The number of benzene rings is 1. The molecule has 18 nitrogen and oxygen atoms in total. The zero-order chi connectivity index (χ0) is 40.0. The molecule has 18 heteroatoms. The van der Waals surface area contributed by atoms with Crippen LogP contribution in [0.25, 0.3) is 0 Å². The highest BCUT2D eigenvalue weighted by atomic mass is 16.4. The Bertz CT molecular complexity index is 1490. The largest absolute Gasteiger partial charge is 0.508 e. The number of nitrogens with two attached hydrogens (primary N) is 1. The topological polar surface area (TPSA) is 287 Å². The number of phenols is 1. The fourth-order valence-electron chi connectivity index (χ4n) is 5.69. The van der Waals surface area contributed by atoms with E-state index >= 15 is 0 Å². The Morgan fingerprint density at radius 2 is 1.42 bits per heavy atom. The number of rotatable bonds is 20. The summed E-state index contributed by atoms with van der Waals surface area (Å²) in [6, 6.07) is -1.01. The molecule has 1 fully saturated rings. The third-order valence-electron chi connectivity index (χ3n) is 9.32. The van der Waals surface area contributed by atoms with E-state index in [1.165, 1.54) is 24.0 Å². The summed E-state index contributed by atoms with van der Waals surface area (Å²) in [4.78, 5) is 103. The zero-order valence-electron chi connectivity index (χ0n) is 30.7. The Kier molecular flexibility index (Phi) is 17.1. The van der Waals surface area contributed by atoms with E-state index in [1.807, 2.05) is 0 Å². The van der Waals surface area contributed by atoms with E-state index in [-0.39, 0.29) is 18.7 Å². The van der Waals surface area contributed by atoms with Crippen molar-refractivity contribution in [3.63, 3.8) is 0 Å². The van der Waals surface area contributed by atoms with Crippen LogP contribution in [0.15, 0.2) is 24.3 Å². The molecule has 0 radical (unpaired) electrons. The molecule has 1 aliphatic heterocycles. The molecular weight excluding hydrogens is 694 g/mol. The van der Waals surface area contributed by atoms with Gasteiger partial charge in [-0.25, -0.2) is 4.79 Å². The summed E-state index contributed by atoms with van der Waals surface area (Å²) in [5.74, 6) is -8.13. The zero-order valence-corrected chi connectivity index (χ0v) is 30.7. The van der Waals surface area contributed by atoms with Gasteiger partial charge in [0, 0.05) is 6.54 Å². The van der Waals surface area contributed by atoms with Crippen LogP contribution in [0.2, 0.25) is 0 Å². The first-order valence-corrected chi connectivity index (χ1v) is 17.7. The molecule has 0 aliphatic carbocycles. The van der Waals surface area contributed by atoms with E-state index in [4.69, 9.17) is 5.73 Å². The Labute approximate surface area is 308 Å². The summed E-state index contributed by atoms with van der Waals surface area (Å²) in [6.45, 7) is 7.74. The van der Waals surface area contributed by atoms with Crippen LogP contribution in [-0.4, -0.2) is 117 Å². The lowest BCUT2D eigenvalue weighted by Crippen LogP contribution is -2.59. The number of likely N-dealkylation sites (tertiary alicyclic amines) is 1. The molecule has 1 aliphatic rings.